The minimum Gasteiger partial charge on any atom is -0.378 e. The number of carbonyl (C=O) groups excluding carboxylic acids is 1. The molecule has 3 heterocycles. The number of nitrogens with zero attached hydrogens (tertiary/aromatic N) is 4. The van der Waals surface area contributed by atoms with E-state index in [0.29, 0.717) is 18.9 Å². The van der Waals surface area contributed by atoms with E-state index in [1.807, 2.05) is 13.2 Å². The van der Waals surface area contributed by atoms with Gasteiger partial charge in [-0.2, -0.15) is 5.10 Å². The molecule has 1 saturated heterocycles. The third-order valence-corrected chi connectivity index (χ3v) is 4.36. The summed E-state index contributed by atoms with van der Waals surface area (Å²) in [6.07, 6.45) is 3.68. The molecule has 0 atom stereocenters. The first-order chi connectivity index (χ1) is 9.65. The predicted octanol–water partition coefficient (Wildman–Crippen LogP) is 1.58. The van der Waals surface area contributed by atoms with Gasteiger partial charge in [0, 0.05) is 38.8 Å². The van der Waals surface area contributed by atoms with Crippen LogP contribution < -0.4 is 4.90 Å². The van der Waals surface area contributed by atoms with Gasteiger partial charge < -0.3 is 9.64 Å². The zero-order valence-electron chi connectivity index (χ0n) is 11.5. The van der Waals surface area contributed by atoms with Gasteiger partial charge in [0.25, 0.3) is 0 Å². The zero-order chi connectivity index (χ0) is 14.1. The highest BCUT2D eigenvalue weighted by Crippen LogP contribution is 2.35. The Morgan fingerprint density at radius 3 is 2.75 bits per heavy atom. The Kier molecular flexibility index (Phi) is 3.54. The molecule has 2 aromatic heterocycles. The summed E-state index contributed by atoms with van der Waals surface area (Å²) in [6, 6.07) is 0. The predicted molar refractivity (Wildman–Crippen MR) is 77.4 cm³/mol. The zero-order valence-corrected chi connectivity index (χ0v) is 12.3. The van der Waals surface area contributed by atoms with E-state index in [4.69, 9.17) is 4.74 Å². The SMILES string of the molecule is CC(=O)c1nc(-c2cnn(C)c2)sc1N1CCOCC1. The molecule has 0 radical (unpaired) electrons. The van der Waals surface area contributed by atoms with Crippen molar-refractivity contribution in [3.05, 3.63) is 18.1 Å². The van der Waals surface area contributed by atoms with Crippen LogP contribution in [0.1, 0.15) is 17.4 Å². The highest BCUT2D eigenvalue weighted by Gasteiger charge is 2.23. The summed E-state index contributed by atoms with van der Waals surface area (Å²) in [5.74, 6) is -0.00196. The fourth-order valence-corrected chi connectivity index (χ4v) is 3.32. The van der Waals surface area contributed by atoms with Crippen molar-refractivity contribution < 1.29 is 9.53 Å². The Bertz CT molecular complexity index is 628. The van der Waals surface area contributed by atoms with Crippen molar-refractivity contribution in [1.29, 1.82) is 0 Å². The number of aryl methyl sites for hydroxylation is 1. The first kappa shape index (κ1) is 13.3. The maximum atomic E-state index is 11.8. The van der Waals surface area contributed by atoms with Crippen molar-refractivity contribution in [1.82, 2.24) is 14.8 Å². The number of morpholine rings is 1. The van der Waals surface area contributed by atoms with Crippen LogP contribution in [0.3, 0.4) is 0 Å². The first-order valence-electron chi connectivity index (χ1n) is 6.48. The topological polar surface area (TPSA) is 60.2 Å². The normalized spacial score (nSPS) is 15.6. The number of thiazole rings is 1. The van der Waals surface area contributed by atoms with Crippen LogP contribution in [0.25, 0.3) is 10.6 Å². The lowest BCUT2D eigenvalue weighted by atomic mass is 10.3. The summed E-state index contributed by atoms with van der Waals surface area (Å²) in [5.41, 5.74) is 1.50. The first-order valence-corrected chi connectivity index (χ1v) is 7.30. The summed E-state index contributed by atoms with van der Waals surface area (Å²) in [4.78, 5) is 18.5. The van der Waals surface area contributed by atoms with Crippen LogP contribution in [0.2, 0.25) is 0 Å². The minimum atomic E-state index is -0.00196. The van der Waals surface area contributed by atoms with E-state index >= 15 is 0 Å². The molecule has 0 bridgehead atoms. The lowest BCUT2D eigenvalue weighted by Crippen LogP contribution is -2.36. The molecule has 7 heteroatoms. The average Bonchev–Trinajstić information content (AvgIpc) is 3.05. The van der Waals surface area contributed by atoms with Crippen LogP contribution in [0, 0.1) is 0 Å². The van der Waals surface area contributed by atoms with E-state index in [9.17, 15) is 4.79 Å². The summed E-state index contributed by atoms with van der Waals surface area (Å²) in [5, 5.41) is 5.94. The van der Waals surface area contributed by atoms with Gasteiger partial charge >= 0.3 is 0 Å². The Morgan fingerprint density at radius 1 is 1.40 bits per heavy atom. The minimum absolute atomic E-state index is 0.00196. The number of aromatic nitrogens is 3. The van der Waals surface area contributed by atoms with Crippen LogP contribution in [-0.2, 0) is 11.8 Å². The number of hydrogen-bond donors (Lipinski definition) is 0. The Balaban J connectivity index is 1.99. The number of carbonyl (C=O) groups is 1. The number of hydrogen-bond acceptors (Lipinski definition) is 6. The number of rotatable bonds is 3. The monoisotopic (exact) mass is 292 g/mol. The smallest absolute Gasteiger partial charge is 0.181 e. The fourth-order valence-electron chi connectivity index (χ4n) is 2.18. The van der Waals surface area contributed by atoms with Gasteiger partial charge in [-0.25, -0.2) is 4.98 Å². The molecular formula is C13H16N4O2S. The molecule has 6 nitrogen and oxygen atoms in total. The van der Waals surface area contributed by atoms with Gasteiger partial charge in [0.15, 0.2) is 5.78 Å². The van der Waals surface area contributed by atoms with Crippen molar-refractivity contribution >= 4 is 22.1 Å². The van der Waals surface area contributed by atoms with E-state index in [1.165, 1.54) is 0 Å². The van der Waals surface area contributed by atoms with E-state index in [1.54, 1.807) is 29.1 Å². The van der Waals surface area contributed by atoms with Crippen molar-refractivity contribution in [2.24, 2.45) is 7.05 Å². The van der Waals surface area contributed by atoms with Crippen LogP contribution in [0.5, 0.6) is 0 Å². The van der Waals surface area contributed by atoms with Gasteiger partial charge in [0.05, 0.1) is 19.4 Å². The number of ether oxygens (including phenoxy) is 1. The van der Waals surface area contributed by atoms with Crippen molar-refractivity contribution in [3.8, 4) is 10.6 Å². The molecule has 1 aliphatic rings. The summed E-state index contributed by atoms with van der Waals surface area (Å²) >= 11 is 1.55. The number of anilines is 1. The van der Waals surface area contributed by atoms with Crippen molar-refractivity contribution in [2.75, 3.05) is 31.2 Å². The second-order valence-electron chi connectivity index (χ2n) is 4.73. The van der Waals surface area contributed by atoms with Gasteiger partial charge in [-0.1, -0.05) is 11.3 Å². The molecule has 0 unspecified atom stereocenters. The maximum absolute atomic E-state index is 11.8. The summed E-state index contributed by atoms with van der Waals surface area (Å²) in [7, 11) is 1.87. The third-order valence-electron chi connectivity index (χ3n) is 3.19. The molecule has 2 aromatic rings. The standard InChI is InChI=1S/C13H16N4O2S/c1-9(18)11-13(17-3-5-19-6-4-17)20-12(15-11)10-7-14-16(2)8-10/h7-8H,3-6H2,1-2H3. The second kappa shape index (κ2) is 5.34. The lowest BCUT2D eigenvalue weighted by molar-refractivity contribution is 0.101. The molecule has 1 aliphatic heterocycles. The lowest BCUT2D eigenvalue weighted by Gasteiger charge is -2.27. The molecule has 0 aromatic carbocycles. The van der Waals surface area contributed by atoms with Crippen LogP contribution >= 0.6 is 11.3 Å². The van der Waals surface area contributed by atoms with Gasteiger partial charge in [0.2, 0.25) is 0 Å². The van der Waals surface area contributed by atoms with E-state index < -0.39 is 0 Å². The third kappa shape index (κ3) is 2.46. The van der Waals surface area contributed by atoms with Gasteiger partial charge in [-0.05, 0) is 0 Å². The summed E-state index contributed by atoms with van der Waals surface area (Å²) < 4.78 is 7.10. The Morgan fingerprint density at radius 2 is 2.15 bits per heavy atom. The Hall–Kier alpha value is -1.73. The Labute approximate surface area is 121 Å². The molecule has 0 aliphatic carbocycles. The van der Waals surface area contributed by atoms with Crippen molar-refractivity contribution in [2.45, 2.75) is 6.92 Å². The number of Topliss-reactive ketones (excluding diaryl/α,β-unsaturated/α-hetero) is 1. The van der Waals surface area contributed by atoms with E-state index in [0.717, 1.165) is 28.7 Å². The highest BCUT2D eigenvalue weighted by molar-refractivity contribution is 7.19. The average molecular weight is 292 g/mol. The van der Waals surface area contributed by atoms with E-state index in [2.05, 4.69) is 15.0 Å². The van der Waals surface area contributed by atoms with Gasteiger partial charge in [-0.3, -0.25) is 9.48 Å². The summed E-state index contributed by atoms with van der Waals surface area (Å²) in [6.45, 7) is 4.55. The highest BCUT2D eigenvalue weighted by atomic mass is 32.1. The fraction of sp³-hybridized carbons (Fsp3) is 0.462. The van der Waals surface area contributed by atoms with Crippen LogP contribution in [0.4, 0.5) is 5.00 Å². The number of ketones is 1. The molecule has 1 fully saturated rings. The second-order valence-corrected chi connectivity index (χ2v) is 5.71. The molecule has 106 valence electrons. The quantitative estimate of drug-likeness (QED) is 0.804. The molecule has 0 amide bonds. The largest absolute Gasteiger partial charge is 0.378 e. The van der Waals surface area contributed by atoms with Gasteiger partial charge in [0.1, 0.15) is 15.7 Å². The van der Waals surface area contributed by atoms with Crippen LogP contribution in [-0.4, -0.2) is 46.9 Å². The van der Waals surface area contributed by atoms with Gasteiger partial charge in [-0.15, -0.1) is 0 Å². The molecule has 3 rings (SSSR count). The molecule has 20 heavy (non-hydrogen) atoms. The molecule has 0 N–H and O–H groups in total. The van der Waals surface area contributed by atoms with Crippen LogP contribution in [0.15, 0.2) is 12.4 Å². The van der Waals surface area contributed by atoms with Crippen molar-refractivity contribution in [3.63, 3.8) is 0 Å². The molecule has 0 saturated carbocycles. The van der Waals surface area contributed by atoms with E-state index in [-0.39, 0.29) is 5.78 Å². The molecular weight excluding hydrogens is 276 g/mol. The molecule has 0 spiro atoms. The maximum Gasteiger partial charge on any atom is 0.181 e.